The van der Waals surface area contributed by atoms with Crippen LogP contribution < -0.4 is 10.00 Å². The van der Waals surface area contributed by atoms with E-state index >= 15 is 0 Å². The fraction of sp³-hybridized carbons (Fsp3) is 0.107. The molecule has 0 radical (unpaired) electrons. The number of aryl methyl sites for hydroxylation is 1. The Kier molecular flexibility index (Phi) is 8.16. The average molecular weight is 733 g/mol. The molecule has 40 heavy (non-hydrogen) atoms. The molecular weight excluding hydrogens is 715 g/mol. The summed E-state index contributed by atoms with van der Waals surface area (Å²) in [5, 5.41) is 6.85. The molecule has 3 heterocycles. The van der Waals surface area contributed by atoms with Crippen LogP contribution in [0.3, 0.4) is 0 Å². The van der Waals surface area contributed by atoms with Crippen molar-refractivity contribution in [1.29, 1.82) is 0 Å². The first-order chi connectivity index (χ1) is 18.5. The van der Waals surface area contributed by atoms with Gasteiger partial charge in [-0.3, -0.25) is 9.88 Å². The van der Waals surface area contributed by atoms with Gasteiger partial charge in [0.2, 0.25) is 0 Å². The molecule has 3 aromatic heterocycles. The van der Waals surface area contributed by atoms with Crippen LogP contribution in [-0.2, 0) is 33.4 Å². The predicted octanol–water partition coefficient (Wildman–Crippen LogP) is 7.78. The number of alkyl halides is 6. The second kappa shape index (κ2) is 11.3. The molecule has 206 valence electrons. The minimum atomic E-state index is -4.64. The van der Waals surface area contributed by atoms with Crippen molar-refractivity contribution < 1.29 is 47.4 Å². The molecule has 0 spiro atoms. The number of aromatic nitrogens is 4. The van der Waals surface area contributed by atoms with Gasteiger partial charge in [-0.05, 0) is 47.7 Å². The summed E-state index contributed by atoms with van der Waals surface area (Å²) < 4.78 is 78.6. The zero-order valence-electron chi connectivity index (χ0n) is 20.4. The first kappa shape index (κ1) is 29.0. The first-order valence-corrected chi connectivity index (χ1v) is 11.5. The monoisotopic (exact) mass is 732 g/mol. The van der Waals surface area contributed by atoms with E-state index in [2.05, 4.69) is 26.2 Å². The van der Waals surface area contributed by atoms with Crippen LogP contribution in [-0.4, -0.2) is 15.1 Å². The number of benzene rings is 2. The van der Waals surface area contributed by atoms with Gasteiger partial charge in [-0.15, -0.1) is 29.3 Å². The average Bonchev–Trinajstić information content (AvgIpc) is 3.41. The second-order valence-corrected chi connectivity index (χ2v) is 8.49. The Morgan fingerprint density at radius 3 is 1.95 bits per heavy atom. The molecule has 0 amide bonds. The van der Waals surface area contributed by atoms with E-state index in [9.17, 15) is 26.3 Å². The molecule has 0 atom stereocenters. The third-order valence-electron chi connectivity index (χ3n) is 5.75. The van der Waals surface area contributed by atoms with Gasteiger partial charge in [-0.25, -0.2) is 4.98 Å². The largest absolute Gasteiger partial charge is 2.00 e. The summed E-state index contributed by atoms with van der Waals surface area (Å²) in [7, 11) is 0. The molecule has 2 aromatic carbocycles. The number of nitrogens with zero attached hydrogens (tertiary/aromatic N) is 5. The molecule has 5 aromatic rings. The summed E-state index contributed by atoms with van der Waals surface area (Å²) in [6, 6.07) is 24.2. The van der Waals surface area contributed by atoms with Gasteiger partial charge in [0.05, 0.1) is 5.69 Å². The van der Waals surface area contributed by atoms with E-state index in [0.717, 1.165) is 18.2 Å². The Labute approximate surface area is 239 Å². The van der Waals surface area contributed by atoms with Gasteiger partial charge in [-0.1, -0.05) is 49.0 Å². The van der Waals surface area contributed by atoms with E-state index < -0.39 is 23.6 Å². The van der Waals surface area contributed by atoms with E-state index in [-0.39, 0.29) is 32.5 Å². The predicted molar refractivity (Wildman–Crippen MR) is 132 cm³/mol. The van der Waals surface area contributed by atoms with E-state index in [0.29, 0.717) is 34.1 Å². The summed E-state index contributed by atoms with van der Waals surface area (Å²) in [5.74, 6) is 0.702. The first-order valence-electron chi connectivity index (χ1n) is 11.5. The fourth-order valence-electron chi connectivity index (χ4n) is 3.95. The van der Waals surface area contributed by atoms with Crippen molar-refractivity contribution in [3.8, 4) is 22.6 Å². The van der Waals surface area contributed by atoms with Crippen LogP contribution in [0.15, 0.2) is 84.9 Å². The number of halogens is 6. The van der Waals surface area contributed by atoms with Gasteiger partial charge in [0.25, 0.3) is 0 Å². The maximum absolute atomic E-state index is 13.1. The number of pyridine rings is 2. The van der Waals surface area contributed by atoms with Gasteiger partial charge in [-0.2, -0.15) is 26.3 Å². The Balaban J connectivity index is 0.00000370. The van der Waals surface area contributed by atoms with Crippen LogP contribution in [0.4, 0.5) is 43.7 Å². The van der Waals surface area contributed by atoms with Crippen LogP contribution in [0.5, 0.6) is 0 Å². The topological polar surface area (TPSA) is 56.0 Å². The molecule has 5 nitrogen and oxygen atoms in total. The number of hydrogen-bond acceptors (Lipinski definition) is 4. The number of para-hydroxylation sites is 1. The number of hydrogen-bond donors (Lipinski definition) is 0. The Morgan fingerprint density at radius 2 is 1.38 bits per heavy atom. The summed E-state index contributed by atoms with van der Waals surface area (Å²) in [4.78, 5) is 10.9. The quantitative estimate of drug-likeness (QED) is 0.137. The van der Waals surface area contributed by atoms with Gasteiger partial charge in [0.1, 0.15) is 17.3 Å². The SMILES string of the molecule is Cc1cc(C(F)(F)F)c[c-]c1-c1cccc(N(c2ccccc2)c2cccc(-c3cc(C(F)(F)F)n[n-]3)n2)n1.[Pt+2]. The third kappa shape index (κ3) is 6.09. The zero-order chi connectivity index (χ0) is 27.8. The number of rotatable bonds is 5. The standard InChI is InChI=1S/C28H17F6N5.Pt/c1-17-15-18(27(29,30)31)13-14-20(17)21-9-5-11-25(35-21)39(19-7-3-2-4-8-19)26-12-6-10-22(36-26)23-16-24(38-37-23)28(32,33)34;/h2-13,15-16H,1H3;/q-2;+2. The van der Waals surface area contributed by atoms with Gasteiger partial charge >= 0.3 is 33.4 Å². The van der Waals surface area contributed by atoms with E-state index in [1.807, 2.05) is 6.07 Å². The molecule has 12 heteroatoms. The van der Waals surface area contributed by atoms with Crippen LogP contribution in [0, 0.1) is 13.0 Å². The van der Waals surface area contributed by atoms with Gasteiger partial charge in [0, 0.05) is 5.69 Å². The summed E-state index contributed by atoms with van der Waals surface area (Å²) in [6.45, 7) is 1.55. The second-order valence-electron chi connectivity index (χ2n) is 8.49. The zero-order valence-corrected chi connectivity index (χ0v) is 22.7. The van der Waals surface area contributed by atoms with Crippen molar-refractivity contribution in [1.82, 2.24) is 20.2 Å². The van der Waals surface area contributed by atoms with Crippen molar-refractivity contribution >= 4 is 17.3 Å². The van der Waals surface area contributed by atoms with E-state index in [1.165, 1.54) is 6.07 Å². The fourth-order valence-corrected chi connectivity index (χ4v) is 3.95. The van der Waals surface area contributed by atoms with Crippen LogP contribution >= 0.6 is 0 Å². The van der Waals surface area contributed by atoms with Crippen LogP contribution in [0.1, 0.15) is 16.8 Å². The molecule has 0 saturated carbocycles. The smallest absolute Gasteiger partial charge is 0.573 e. The summed E-state index contributed by atoms with van der Waals surface area (Å²) in [6.07, 6.45) is -9.14. The van der Waals surface area contributed by atoms with E-state index in [1.54, 1.807) is 66.4 Å². The molecule has 0 unspecified atom stereocenters. The summed E-state index contributed by atoms with van der Waals surface area (Å²) >= 11 is 0. The molecule has 0 aliphatic carbocycles. The molecular formula is C28H17F6N5Pt. The third-order valence-corrected chi connectivity index (χ3v) is 5.75. The van der Waals surface area contributed by atoms with Gasteiger partial charge in [0.15, 0.2) is 0 Å². The van der Waals surface area contributed by atoms with Crippen molar-refractivity contribution in [2.24, 2.45) is 0 Å². The maximum atomic E-state index is 13.1. The molecule has 0 aliphatic rings. The normalized spacial score (nSPS) is 11.7. The van der Waals surface area contributed by atoms with Crippen molar-refractivity contribution in [2.45, 2.75) is 19.3 Å². The van der Waals surface area contributed by atoms with Crippen molar-refractivity contribution in [3.63, 3.8) is 0 Å². The van der Waals surface area contributed by atoms with E-state index in [4.69, 9.17) is 0 Å². The minimum Gasteiger partial charge on any atom is -0.573 e. The van der Waals surface area contributed by atoms with Crippen LogP contribution in [0.25, 0.3) is 22.6 Å². The summed E-state index contributed by atoms with van der Waals surface area (Å²) in [5.41, 5.74) is -0.0499. The Morgan fingerprint density at radius 1 is 0.750 bits per heavy atom. The molecule has 0 aliphatic heterocycles. The maximum Gasteiger partial charge on any atom is 2.00 e. The molecule has 5 rings (SSSR count). The van der Waals surface area contributed by atoms with Gasteiger partial charge < -0.3 is 10.2 Å². The molecule has 0 saturated heterocycles. The number of anilines is 3. The Hall–Kier alpha value is -3.98. The van der Waals surface area contributed by atoms with Crippen molar-refractivity contribution in [2.75, 3.05) is 4.90 Å². The molecule has 0 fully saturated rings. The van der Waals surface area contributed by atoms with Crippen LogP contribution in [0.2, 0.25) is 0 Å². The van der Waals surface area contributed by atoms with Crippen molar-refractivity contribution in [3.05, 3.63) is 108 Å². The Bertz CT molecular complexity index is 1620. The minimum absolute atomic E-state index is 0. The molecule has 0 N–H and O–H groups in total. The molecule has 0 bridgehead atoms.